The summed E-state index contributed by atoms with van der Waals surface area (Å²) < 4.78 is 0.815. The van der Waals surface area contributed by atoms with Gasteiger partial charge in [0, 0.05) is 32.0 Å². The van der Waals surface area contributed by atoms with Crippen molar-refractivity contribution in [2.45, 2.75) is 0 Å². The molecule has 2 aromatic carbocycles. The van der Waals surface area contributed by atoms with Crippen LogP contribution in [0.1, 0.15) is 15.9 Å². The molecule has 0 aliphatic heterocycles. The van der Waals surface area contributed by atoms with E-state index in [-0.39, 0.29) is 5.78 Å². The SMILES string of the molecule is Nc1cc2ccccc2cc1C(=O)c1cscc1Br. The first-order chi connectivity index (χ1) is 9.16. The average molecular weight is 332 g/mol. The van der Waals surface area contributed by atoms with Crippen LogP contribution >= 0.6 is 27.3 Å². The largest absolute Gasteiger partial charge is 0.398 e. The number of rotatable bonds is 2. The summed E-state index contributed by atoms with van der Waals surface area (Å²) in [5.41, 5.74) is 7.74. The van der Waals surface area contributed by atoms with E-state index in [0.29, 0.717) is 16.8 Å². The number of carbonyl (C=O) groups excluding carboxylic acids is 1. The maximum absolute atomic E-state index is 12.5. The Balaban J connectivity index is 2.17. The number of anilines is 1. The van der Waals surface area contributed by atoms with Crippen molar-refractivity contribution >= 4 is 49.5 Å². The maximum Gasteiger partial charge on any atom is 0.197 e. The van der Waals surface area contributed by atoms with Crippen LogP contribution in [0.3, 0.4) is 0 Å². The highest BCUT2D eigenvalue weighted by Crippen LogP contribution is 2.28. The molecule has 0 radical (unpaired) electrons. The van der Waals surface area contributed by atoms with E-state index >= 15 is 0 Å². The monoisotopic (exact) mass is 331 g/mol. The lowest BCUT2D eigenvalue weighted by Crippen LogP contribution is -2.05. The number of ketones is 1. The van der Waals surface area contributed by atoms with E-state index in [1.807, 2.05) is 47.2 Å². The Morgan fingerprint density at radius 3 is 2.37 bits per heavy atom. The molecule has 0 saturated heterocycles. The molecule has 94 valence electrons. The number of hydrogen-bond acceptors (Lipinski definition) is 3. The average Bonchev–Trinajstić information content (AvgIpc) is 2.83. The van der Waals surface area contributed by atoms with Crippen molar-refractivity contribution in [3.05, 3.63) is 62.8 Å². The number of thiophene rings is 1. The maximum atomic E-state index is 12.5. The molecule has 0 amide bonds. The Bertz CT molecular complexity index is 779. The van der Waals surface area contributed by atoms with Crippen molar-refractivity contribution in [3.63, 3.8) is 0 Å². The Labute approximate surface area is 123 Å². The molecule has 0 unspecified atom stereocenters. The van der Waals surface area contributed by atoms with Gasteiger partial charge in [0.25, 0.3) is 0 Å². The van der Waals surface area contributed by atoms with Gasteiger partial charge in [0.05, 0.1) is 0 Å². The van der Waals surface area contributed by atoms with Crippen LogP contribution in [0.4, 0.5) is 5.69 Å². The van der Waals surface area contributed by atoms with Crippen molar-refractivity contribution in [2.75, 3.05) is 5.73 Å². The summed E-state index contributed by atoms with van der Waals surface area (Å²) in [7, 11) is 0. The van der Waals surface area contributed by atoms with Crippen LogP contribution in [0, 0.1) is 0 Å². The van der Waals surface area contributed by atoms with Crippen LogP contribution in [0.5, 0.6) is 0 Å². The molecule has 1 heterocycles. The van der Waals surface area contributed by atoms with Gasteiger partial charge in [-0.05, 0) is 38.8 Å². The second-order valence-electron chi connectivity index (χ2n) is 4.25. The van der Waals surface area contributed by atoms with Gasteiger partial charge in [-0.3, -0.25) is 4.79 Å². The van der Waals surface area contributed by atoms with Crippen molar-refractivity contribution in [3.8, 4) is 0 Å². The molecule has 4 heteroatoms. The predicted octanol–water partition coefficient (Wildman–Crippen LogP) is 4.48. The minimum Gasteiger partial charge on any atom is -0.398 e. The van der Waals surface area contributed by atoms with E-state index in [1.165, 1.54) is 11.3 Å². The lowest BCUT2D eigenvalue weighted by molar-refractivity contribution is 0.103. The fourth-order valence-corrected chi connectivity index (χ4v) is 3.50. The van der Waals surface area contributed by atoms with E-state index in [9.17, 15) is 4.79 Å². The van der Waals surface area contributed by atoms with Crippen molar-refractivity contribution in [2.24, 2.45) is 0 Å². The highest BCUT2D eigenvalue weighted by atomic mass is 79.9. The summed E-state index contributed by atoms with van der Waals surface area (Å²) >= 11 is 4.88. The normalized spacial score (nSPS) is 10.8. The standard InChI is InChI=1S/C15H10BrNOS/c16-13-8-19-7-12(13)15(18)11-5-9-3-1-2-4-10(9)6-14(11)17/h1-8H,17H2. The van der Waals surface area contributed by atoms with Gasteiger partial charge >= 0.3 is 0 Å². The van der Waals surface area contributed by atoms with E-state index < -0.39 is 0 Å². The lowest BCUT2D eigenvalue weighted by atomic mass is 10.00. The Morgan fingerprint density at radius 2 is 1.74 bits per heavy atom. The molecule has 19 heavy (non-hydrogen) atoms. The molecular weight excluding hydrogens is 322 g/mol. The summed E-state index contributed by atoms with van der Waals surface area (Å²) in [5.74, 6) is -0.0450. The van der Waals surface area contributed by atoms with Gasteiger partial charge in [0.1, 0.15) is 0 Å². The molecule has 3 rings (SSSR count). The van der Waals surface area contributed by atoms with E-state index in [4.69, 9.17) is 5.73 Å². The molecule has 2 N–H and O–H groups in total. The highest BCUT2D eigenvalue weighted by molar-refractivity contribution is 9.10. The van der Waals surface area contributed by atoms with E-state index in [2.05, 4.69) is 15.9 Å². The minimum absolute atomic E-state index is 0.0450. The summed E-state index contributed by atoms with van der Waals surface area (Å²) in [6.45, 7) is 0. The molecule has 0 saturated carbocycles. The summed E-state index contributed by atoms with van der Waals surface area (Å²) in [6.07, 6.45) is 0. The third-order valence-electron chi connectivity index (χ3n) is 3.02. The Hall–Kier alpha value is -1.65. The molecule has 0 bridgehead atoms. The van der Waals surface area contributed by atoms with Crippen LogP contribution in [0.25, 0.3) is 10.8 Å². The van der Waals surface area contributed by atoms with E-state index in [0.717, 1.165) is 15.2 Å². The zero-order valence-corrected chi connectivity index (χ0v) is 12.3. The second-order valence-corrected chi connectivity index (χ2v) is 5.85. The van der Waals surface area contributed by atoms with Gasteiger partial charge in [0.2, 0.25) is 0 Å². The zero-order chi connectivity index (χ0) is 13.4. The number of fused-ring (bicyclic) bond motifs is 1. The number of nitrogen functional groups attached to an aromatic ring is 1. The van der Waals surface area contributed by atoms with Gasteiger partial charge in [0.15, 0.2) is 5.78 Å². The number of hydrogen-bond donors (Lipinski definition) is 1. The third kappa shape index (κ3) is 2.17. The first kappa shape index (κ1) is 12.4. The van der Waals surface area contributed by atoms with Crippen LogP contribution in [0.2, 0.25) is 0 Å². The highest BCUT2D eigenvalue weighted by Gasteiger charge is 2.16. The molecule has 0 spiro atoms. The first-order valence-corrected chi connectivity index (χ1v) is 7.45. The summed E-state index contributed by atoms with van der Waals surface area (Å²) in [5, 5.41) is 5.79. The molecule has 3 aromatic rings. The Morgan fingerprint density at radius 1 is 1.05 bits per heavy atom. The van der Waals surface area contributed by atoms with Gasteiger partial charge in [-0.15, -0.1) is 0 Å². The summed E-state index contributed by atoms with van der Waals surface area (Å²) in [6, 6.07) is 11.6. The van der Waals surface area contributed by atoms with Gasteiger partial charge in [-0.2, -0.15) is 11.3 Å². The lowest BCUT2D eigenvalue weighted by Gasteiger charge is -2.07. The van der Waals surface area contributed by atoms with Crippen LogP contribution in [-0.4, -0.2) is 5.78 Å². The fraction of sp³-hybridized carbons (Fsp3) is 0. The van der Waals surface area contributed by atoms with Crippen molar-refractivity contribution < 1.29 is 4.79 Å². The van der Waals surface area contributed by atoms with Gasteiger partial charge in [-0.1, -0.05) is 24.3 Å². The number of benzene rings is 2. The number of nitrogens with two attached hydrogens (primary N) is 1. The van der Waals surface area contributed by atoms with Crippen LogP contribution in [0.15, 0.2) is 51.6 Å². The first-order valence-electron chi connectivity index (χ1n) is 5.71. The van der Waals surface area contributed by atoms with Crippen molar-refractivity contribution in [1.29, 1.82) is 0 Å². The van der Waals surface area contributed by atoms with Crippen LogP contribution in [-0.2, 0) is 0 Å². The van der Waals surface area contributed by atoms with Crippen LogP contribution < -0.4 is 5.73 Å². The quantitative estimate of drug-likeness (QED) is 0.555. The Kier molecular flexibility index (Phi) is 3.12. The topological polar surface area (TPSA) is 43.1 Å². The number of halogens is 1. The molecular formula is C15H10BrNOS. The second kappa shape index (κ2) is 4.79. The predicted molar refractivity (Wildman–Crippen MR) is 83.8 cm³/mol. The molecule has 0 atom stereocenters. The third-order valence-corrected chi connectivity index (χ3v) is 4.72. The van der Waals surface area contributed by atoms with Gasteiger partial charge < -0.3 is 5.73 Å². The minimum atomic E-state index is -0.0450. The molecule has 0 fully saturated rings. The zero-order valence-electron chi connectivity index (χ0n) is 9.89. The fourth-order valence-electron chi connectivity index (χ4n) is 2.04. The molecule has 1 aromatic heterocycles. The smallest absolute Gasteiger partial charge is 0.197 e. The molecule has 0 aliphatic carbocycles. The van der Waals surface area contributed by atoms with Crippen molar-refractivity contribution in [1.82, 2.24) is 0 Å². The molecule has 0 aliphatic rings. The summed E-state index contributed by atoms with van der Waals surface area (Å²) in [4.78, 5) is 12.5. The number of carbonyl (C=O) groups is 1. The van der Waals surface area contributed by atoms with Gasteiger partial charge in [-0.25, -0.2) is 0 Å². The molecule has 2 nitrogen and oxygen atoms in total. The van der Waals surface area contributed by atoms with E-state index in [1.54, 1.807) is 0 Å².